The van der Waals surface area contributed by atoms with Crippen LogP contribution in [-0.2, 0) is 16.8 Å². The number of halogens is 1. The van der Waals surface area contributed by atoms with Crippen LogP contribution in [0.15, 0.2) is 66.7 Å². The van der Waals surface area contributed by atoms with Crippen molar-refractivity contribution in [2.24, 2.45) is 0 Å². The van der Waals surface area contributed by atoms with E-state index in [1.165, 1.54) is 0 Å². The molecular weight excluding hydrogens is 394 g/mol. The Labute approximate surface area is 172 Å². The Hall–Kier alpha value is -2.47. The molecule has 0 unspecified atom stereocenters. The van der Waals surface area contributed by atoms with Crippen molar-refractivity contribution < 1.29 is 14.7 Å². The number of hydrogen-bond acceptors (Lipinski definition) is 4. The van der Waals surface area contributed by atoms with Crippen LogP contribution >= 0.6 is 22.9 Å². The normalized spacial score (nSPS) is 18.4. The molecule has 4 nitrogen and oxygen atoms in total. The average Bonchev–Trinajstić information content (AvgIpc) is 3.23. The summed E-state index contributed by atoms with van der Waals surface area (Å²) in [5, 5.41) is 11.3. The fourth-order valence-corrected chi connectivity index (χ4v) is 4.55. The van der Waals surface area contributed by atoms with E-state index < -0.39 is 11.5 Å². The highest BCUT2D eigenvalue weighted by Crippen LogP contribution is 2.43. The van der Waals surface area contributed by atoms with Crippen molar-refractivity contribution in [2.45, 2.75) is 18.4 Å². The molecule has 1 aliphatic heterocycles. The van der Waals surface area contributed by atoms with Gasteiger partial charge in [-0.1, -0.05) is 60.1 Å². The number of fused-ring (bicyclic) bond motifs is 1. The quantitative estimate of drug-likeness (QED) is 0.609. The molecule has 1 amide bonds. The van der Waals surface area contributed by atoms with Gasteiger partial charge in [-0.2, -0.15) is 0 Å². The summed E-state index contributed by atoms with van der Waals surface area (Å²) >= 11 is 7.07. The number of para-hydroxylation sites is 1. The summed E-state index contributed by atoms with van der Waals surface area (Å²) in [7, 11) is 0. The molecule has 0 radical (unpaired) electrons. The Balaban J connectivity index is 1.61. The van der Waals surface area contributed by atoms with Crippen molar-refractivity contribution in [1.82, 2.24) is 0 Å². The molecule has 1 atom stereocenters. The van der Waals surface area contributed by atoms with Gasteiger partial charge in [0.1, 0.15) is 0 Å². The summed E-state index contributed by atoms with van der Waals surface area (Å²) in [5.74, 6) is -0.756. The van der Waals surface area contributed by atoms with Crippen molar-refractivity contribution in [3.05, 3.63) is 87.1 Å². The van der Waals surface area contributed by atoms with Gasteiger partial charge < -0.3 is 10.0 Å². The second-order valence-electron chi connectivity index (χ2n) is 6.77. The minimum atomic E-state index is -1.86. The average molecular weight is 412 g/mol. The van der Waals surface area contributed by atoms with Gasteiger partial charge in [-0.25, -0.2) is 0 Å². The molecule has 3 aromatic rings. The van der Waals surface area contributed by atoms with Crippen LogP contribution in [-0.4, -0.2) is 23.3 Å². The summed E-state index contributed by atoms with van der Waals surface area (Å²) < 4.78 is 0.498. The van der Waals surface area contributed by atoms with E-state index in [1.807, 2.05) is 42.5 Å². The van der Waals surface area contributed by atoms with E-state index in [4.69, 9.17) is 11.6 Å². The molecule has 4 rings (SSSR count). The third-order valence-electron chi connectivity index (χ3n) is 4.97. The molecule has 28 heavy (non-hydrogen) atoms. The van der Waals surface area contributed by atoms with E-state index in [-0.39, 0.29) is 12.2 Å². The largest absolute Gasteiger partial charge is 0.375 e. The number of rotatable bonds is 6. The molecule has 0 saturated carbocycles. The van der Waals surface area contributed by atoms with Gasteiger partial charge in [0.25, 0.3) is 5.91 Å². The molecule has 0 spiro atoms. The maximum Gasteiger partial charge on any atom is 0.264 e. The van der Waals surface area contributed by atoms with E-state index in [0.29, 0.717) is 33.4 Å². The number of thiophene rings is 1. The number of amides is 1. The molecule has 1 aliphatic rings. The zero-order valence-corrected chi connectivity index (χ0v) is 16.5. The van der Waals surface area contributed by atoms with Crippen LogP contribution in [0.2, 0.25) is 4.34 Å². The molecule has 2 heterocycles. The molecule has 142 valence electrons. The van der Waals surface area contributed by atoms with E-state index in [0.717, 1.165) is 16.9 Å². The highest BCUT2D eigenvalue weighted by atomic mass is 35.5. The van der Waals surface area contributed by atoms with Gasteiger partial charge in [0, 0.05) is 12.1 Å². The topological polar surface area (TPSA) is 57.6 Å². The first-order valence-electron chi connectivity index (χ1n) is 8.95. The van der Waals surface area contributed by atoms with Crippen LogP contribution in [0.4, 0.5) is 5.69 Å². The van der Waals surface area contributed by atoms with Gasteiger partial charge in [0.2, 0.25) is 0 Å². The van der Waals surface area contributed by atoms with E-state index in [9.17, 15) is 14.7 Å². The van der Waals surface area contributed by atoms with Crippen molar-refractivity contribution in [3.8, 4) is 0 Å². The van der Waals surface area contributed by atoms with Gasteiger partial charge in [-0.15, -0.1) is 11.3 Å². The van der Waals surface area contributed by atoms with Crippen LogP contribution in [0, 0.1) is 0 Å². The first-order chi connectivity index (χ1) is 13.5. The molecule has 2 aromatic carbocycles. The Morgan fingerprint density at radius 2 is 1.75 bits per heavy atom. The van der Waals surface area contributed by atoms with Crippen LogP contribution in [0.25, 0.3) is 0 Å². The first kappa shape index (κ1) is 18.9. The Kier molecular flexibility index (Phi) is 5.06. The summed E-state index contributed by atoms with van der Waals surface area (Å²) in [6, 6.07) is 20.2. The van der Waals surface area contributed by atoms with E-state index in [2.05, 4.69) is 0 Å². The third kappa shape index (κ3) is 3.37. The van der Waals surface area contributed by atoms with Gasteiger partial charge >= 0.3 is 0 Å². The summed E-state index contributed by atoms with van der Waals surface area (Å²) in [5.41, 5.74) is 0.375. The van der Waals surface area contributed by atoms with Crippen LogP contribution in [0.1, 0.15) is 27.2 Å². The lowest BCUT2D eigenvalue weighted by Gasteiger charge is -2.22. The SMILES string of the molecule is O=C(C[C@]1(O)C(=O)N(CCc2ccccc2)c2ccccc21)c1ccc(Cl)s1. The predicted octanol–water partition coefficient (Wildman–Crippen LogP) is 4.45. The predicted molar refractivity (Wildman–Crippen MR) is 111 cm³/mol. The van der Waals surface area contributed by atoms with E-state index >= 15 is 0 Å². The fraction of sp³-hybridized carbons (Fsp3) is 0.182. The maximum absolute atomic E-state index is 13.2. The Bertz CT molecular complexity index is 1030. The fourth-order valence-electron chi connectivity index (χ4n) is 3.57. The maximum atomic E-state index is 13.2. The number of hydrogen-bond donors (Lipinski definition) is 1. The van der Waals surface area contributed by atoms with Crippen molar-refractivity contribution in [2.75, 3.05) is 11.4 Å². The third-order valence-corrected chi connectivity index (χ3v) is 6.24. The number of benzene rings is 2. The van der Waals surface area contributed by atoms with Gasteiger partial charge in [-0.3, -0.25) is 9.59 Å². The molecule has 6 heteroatoms. The molecule has 1 aromatic heterocycles. The minimum absolute atomic E-state index is 0.299. The summed E-state index contributed by atoms with van der Waals surface area (Å²) in [4.78, 5) is 27.9. The van der Waals surface area contributed by atoms with Crippen LogP contribution in [0.3, 0.4) is 0 Å². The van der Waals surface area contributed by atoms with Crippen molar-refractivity contribution in [3.63, 3.8) is 0 Å². The van der Waals surface area contributed by atoms with Crippen LogP contribution in [0.5, 0.6) is 0 Å². The first-order valence-corrected chi connectivity index (χ1v) is 10.1. The number of ketones is 1. The Morgan fingerprint density at radius 1 is 1.04 bits per heavy atom. The standard InChI is InChI=1S/C22H18ClNO3S/c23-20-11-10-19(28-20)18(25)14-22(27)16-8-4-5-9-17(16)24(21(22)26)13-12-15-6-2-1-3-7-15/h1-11,27H,12-14H2/t22-/m1/s1. The zero-order valence-electron chi connectivity index (χ0n) is 15.0. The second-order valence-corrected chi connectivity index (χ2v) is 8.49. The van der Waals surface area contributed by atoms with Crippen LogP contribution < -0.4 is 4.90 Å². The molecular formula is C22H18ClNO3S. The van der Waals surface area contributed by atoms with Crippen molar-refractivity contribution in [1.29, 1.82) is 0 Å². The number of carbonyl (C=O) groups excluding carboxylic acids is 2. The summed E-state index contributed by atoms with van der Waals surface area (Å²) in [6.45, 7) is 0.432. The molecule has 0 fully saturated rings. The molecule has 0 aliphatic carbocycles. The highest BCUT2D eigenvalue weighted by Gasteiger charge is 2.50. The monoisotopic (exact) mass is 411 g/mol. The lowest BCUT2D eigenvalue weighted by atomic mass is 9.89. The lowest BCUT2D eigenvalue weighted by molar-refractivity contribution is -0.135. The zero-order chi connectivity index (χ0) is 19.7. The molecule has 0 saturated heterocycles. The molecule has 1 N–H and O–H groups in total. The number of anilines is 1. The van der Waals surface area contributed by atoms with Crippen molar-refractivity contribution >= 4 is 40.3 Å². The number of aliphatic hydroxyl groups is 1. The van der Waals surface area contributed by atoms with Gasteiger partial charge in [0.15, 0.2) is 11.4 Å². The lowest BCUT2D eigenvalue weighted by Crippen LogP contribution is -2.42. The summed E-state index contributed by atoms with van der Waals surface area (Å²) in [6.07, 6.45) is 0.354. The molecule has 0 bridgehead atoms. The smallest absolute Gasteiger partial charge is 0.264 e. The second kappa shape index (κ2) is 7.51. The highest BCUT2D eigenvalue weighted by molar-refractivity contribution is 7.18. The van der Waals surface area contributed by atoms with E-state index in [1.54, 1.807) is 29.2 Å². The number of Topliss-reactive ketones (excluding diaryl/α,β-unsaturated/α-hetero) is 1. The van der Waals surface area contributed by atoms with Gasteiger partial charge in [0.05, 0.1) is 21.3 Å². The number of carbonyl (C=O) groups is 2. The van der Waals surface area contributed by atoms with Gasteiger partial charge in [-0.05, 0) is 30.2 Å². The Morgan fingerprint density at radius 3 is 2.46 bits per heavy atom. The number of nitrogens with zero attached hydrogens (tertiary/aromatic N) is 1. The minimum Gasteiger partial charge on any atom is -0.375 e.